The van der Waals surface area contributed by atoms with Gasteiger partial charge in [0, 0.05) is 17.1 Å². The molecule has 1 heterocycles. The number of hydrogen-bond donors (Lipinski definition) is 2. The number of amides is 1. The summed E-state index contributed by atoms with van der Waals surface area (Å²) in [5.74, 6) is -0.394. The van der Waals surface area contributed by atoms with Crippen molar-refractivity contribution in [3.05, 3.63) is 40.5 Å². The van der Waals surface area contributed by atoms with Gasteiger partial charge in [-0.25, -0.2) is 0 Å². The molecule has 0 aliphatic rings. The Kier molecular flexibility index (Phi) is 5.09. The maximum Gasteiger partial charge on any atom is 0.270 e. The molecule has 0 aliphatic heterocycles. The van der Waals surface area contributed by atoms with Crippen LogP contribution in [0.3, 0.4) is 0 Å². The van der Waals surface area contributed by atoms with E-state index < -0.39 is 11.9 Å². The molecule has 0 spiro atoms. The van der Waals surface area contributed by atoms with Gasteiger partial charge in [0.25, 0.3) is 5.91 Å². The van der Waals surface area contributed by atoms with Gasteiger partial charge in [0.05, 0.1) is 18.4 Å². The van der Waals surface area contributed by atoms with Gasteiger partial charge >= 0.3 is 0 Å². The van der Waals surface area contributed by atoms with Crippen LogP contribution in [0, 0.1) is 11.3 Å². The van der Waals surface area contributed by atoms with Crippen molar-refractivity contribution in [2.75, 3.05) is 13.7 Å². The van der Waals surface area contributed by atoms with E-state index in [1.807, 2.05) is 30.3 Å². The Morgan fingerprint density at radius 1 is 1.52 bits per heavy atom. The Morgan fingerprint density at radius 2 is 2.24 bits per heavy atom. The Labute approximate surface area is 130 Å². The average molecular weight is 349 g/mol. The number of carbonyl (C=O) groups excluding carboxylic acids is 1. The van der Waals surface area contributed by atoms with Crippen molar-refractivity contribution in [2.45, 2.75) is 6.04 Å². The summed E-state index contributed by atoms with van der Waals surface area (Å²) in [7, 11) is 1.47. The molecule has 0 bridgehead atoms. The van der Waals surface area contributed by atoms with Gasteiger partial charge in [0.1, 0.15) is 11.7 Å². The van der Waals surface area contributed by atoms with Crippen molar-refractivity contribution in [3.63, 3.8) is 0 Å². The first-order valence-corrected chi connectivity index (χ1v) is 6.94. The van der Waals surface area contributed by atoms with Gasteiger partial charge in [-0.3, -0.25) is 9.89 Å². The maximum absolute atomic E-state index is 12.0. The number of carbonyl (C=O) groups is 1. The first-order valence-electron chi connectivity index (χ1n) is 6.15. The molecule has 7 heteroatoms. The van der Waals surface area contributed by atoms with E-state index >= 15 is 0 Å². The third kappa shape index (κ3) is 3.90. The lowest BCUT2D eigenvalue weighted by atomic mass is 10.1. The van der Waals surface area contributed by atoms with Crippen LogP contribution in [0.1, 0.15) is 10.5 Å². The van der Waals surface area contributed by atoms with Crippen molar-refractivity contribution < 1.29 is 9.53 Å². The number of nitriles is 1. The van der Waals surface area contributed by atoms with Crippen LogP contribution >= 0.6 is 15.9 Å². The van der Waals surface area contributed by atoms with Crippen LogP contribution in [0.4, 0.5) is 0 Å². The highest BCUT2D eigenvalue weighted by Crippen LogP contribution is 2.20. The van der Waals surface area contributed by atoms with Crippen molar-refractivity contribution in [1.29, 1.82) is 5.26 Å². The van der Waals surface area contributed by atoms with Gasteiger partial charge < -0.3 is 10.1 Å². The van der Waals surface area contributed by atoms with Crippen LogP contribution in [0.15, 0.2) is 34.8 Å². The largest absolute Gasteiger partial charge is 0.381 e. The van der Waals surface area contributed by atoms with Crippen molar-refractivity contribution >= 4 is 21.8 Å². The van der Waals surface area contributed by atoms with E-state index in [9.17, 15) is 4.79 Å². The van der Waals surface area contributed by atoms with E-state index in [0.29, 0.717) is 11.4 Å². The molecule has 0 aliphatic carbocycles. The van der Waals surface area contributed by atoms with Crippen LogP contribution < -0.4 is 5.32 Å². The van der Waals surface area contributed by atoms with Gasteiger partial charge in [-0.15, -0.1) is 0 Å². The van der Waals surface area contributed by atoms with Gasteiger partial charge in [-0.1, -0.05) is 28.1 Å². The van der Waals surface area contributed by atoms with E-state index in [2.05, 4.69) is 31.4 Å². The smallest absolute Gasteiger partial charge is 0.270 e. The van der Waals surface area contributed by atoms with E-state index in [1.54, 1.807) is 6.07 Å². The Morgan fingerprint density at radius 3 is 2.86 bits per heavy atom. The fourth-order valence-corrected chi connectivity index (χ4v) is 1.98. The lowest BCUT2D eigenvalue weighted by molar-refractivity contribution is 0.0913. The number of methoxy groups -OCH3 is 1. The molecular formula is C14H13BrN4O2. The minimum atomic E-state index is -0.693. The van der Waals surface area contributed by atoms with Crippen LogP contribution in [0.2, 0.25) is 0 Å². The second kappa shape index (κ2) is 7.02. The number of rotatable bonds is 5. The molecule has 2 aromatic rings. The normalized spacial score (nSPS) is 11.7. The number of nitrogens with zero attached hydrogens (tertiary/aromatic N) is 2. The Hall–Kier alpha value is -2.17. The minimum Gasteiger partial charge on any atom is -0.381 e. The highest BCUT2D eigenvalue weighted by Gasteiger charge is 2.15. The third-order valence-electron chi connectivity index (χ3n) is 2.76. The molecule has 0 fully saturated rings. The summed E-state index contributed by atoms with van der Waals surface area (Å²) in [6.45, 7) is 0.135. The molecular weight excluding hydrogens is 336 g/mol. The number of aromatic nitrogens is 2. The first-order chi connectivity index (χ1) is 10.1. The molecule has 2 rings (SSSR count). The number of H-pyrrole nitrogens is 1. The summed E-state index contributed by atoms with van der Waals surface area (Å²) in [6, 6.07) is 10.5. The van der Waals surface area contributed by atoms with Crippen molar-refractivity contribution in [1.82, 2.24) is 15.5 Å². The van der Waals surface area contributed by atoms with Gasteiger partial charge in [0.2, 0.25) is 0 Å². The van der Waals surface area contributed by atoms with Crippen LogP contribution in [-0.4, -0.2) is 35.9 Å². The zero-order valence-electron chi connectivity index (χ0n) is 11.3. The van der Waals surface area contributed by atoms with Gasteiger partial charge in [-0.05, 0) is 18.2 Å². The molecule has 2 N–H and O–H groups in total. The number of ether oxygens (including phenoxy) is 1. The number of benzene rings is 1. The second-order valence-corrected chi connectivity index (χ2v) is 5.20. The summed E-state index contributed by atoms with van der Waals surface area (Å²) in [4.78, 5) is 12.0. The summed E-state index contributed by atoms with van der Waals surface area (Å²) >= 11 is 3.36. The zero-order chi connectivity index (χ0) is 15.2. The third-order valence-corrected chi connectivity index (χ3v) is 3.29. The molecule has 1 atom stereocenters. The van der Waals surface area contributed by atoms with Crippen molar-refractivity contribution in [2.24, 2.45) is 0 Å². The molecule has 1 aromatic carbocycles. The Balaban J connectivity index is 2.10. The van der Waals surface area contributed by atoms with E-state index in [0.717, 1.165) is 10.0 Å². The lowest BCUT2D eigenvalue weighted by Crippen LogP contribution is -2.37. The summed E-state index contributed by atoms with van der Waals surface area (Å²) in [6.07, 6.45) is 0. The van der Waals surface area contributed by atoms with Gasteiger partial charge in [0.15, 0.2) is 0 Å². The molecule has 1 unspecified atom stereocenters. The Bertz CT molecular complexity index is 660. The maximum atomic E-state index is 12.0. The molecule has 108 valence electrons. The topological polar surface area (TPSA) is 90.8 Å². The number of hydrogen-bond acceptors (Lipinski definition) is 4. The SMILES string of the molecule is COCC(C#N)NC(=O)c1cc(-c2ccc(Br)cc2)n[nH]1. The highest BCUT2D eigenvalue weighted by molar-refractivity contribution is 9.10. The highest BCUT2D eigenvalue weighted by atomic mass is 79.9. The standard InChI is InChI=1S/C14H13BrN4O2/c1-21-8-11(7-16)17-14(20)13-6-12(18-19-13)9-2-4-10(15)5-3-9/h2-6,11H,8H2,1H3,(H,17,20)(H,18,19). The quantitative estimate of drug-likeness (QED) is 0.865. The van der Waals surface area contributed by atoms with E-state index in [4.69, 9.17) is 10.00 Å². The number of nitrogens with one attached hydrogen (secondary N) is 2. The molecule has 21 heavy (non-hydrogen) atoms. The van der Waals surface area contributed by atoms with Crippen LogP contribution in [0.5, 0.6) is 0 Å². The molecule has 0 radical (unpaired) electrons. The number of aromatic amines is 1. The summed E-state index contributed by atoms with van der Waals surface area (Å²) < 4.78 is 5.82. The number of halogens is 1. The zero-order valence-corrected chi connectivity index (χ0v) is 12.8. The lowest BCUT2D eigenvalue weighted by Gasteiger charge is -2.08. The van der Waals surface area contributed by atoms with Crippen molar-refractivity contribution in [3.8, 4) is 17.3 Å². The average Bonchev–Trinajstić information content (AvgIpc) is 2.97. The second-order valence-electron chi connectivity index (χ2n) is 4.28. The molecule has 0 saturated heterocycles. The van der Waals surface area contributed by atoms with Crippen LogP contribution in [0.25, 0.3) is 11.3 Å². The molecule has 6 nitrogen and oxygen atoms in total. The van der Waals surface area contributed by atoms with Gasteiger partial charge in [-0.2, -0.15) is 10.4 Å². The molecule has 0 saturated carbocycles. The fourth-order valence-electron chi connectivity index (χ4n) is 1.72. The monoisotopic (exact) mass is 348 g/mol. The summed E-state index contributed by atoms with van der Waals surface area (Å²) in [5.41, 5.74) is 1.85. The predicted molar refractivity (Wildman–Crippen MR) is 80.5 cm³/mol. The molecule has 1 amide bonds. The minimum absolute atomic E-state index is 0.135. The first kappa shape index (κ1) is 15.2. The molecule has 1 aromatic heterocycles. The fraction of sp³-hybridized carbons (Fsp3) is 0.214. The van der Waals surface area contributed by atoms with E-state index in [-0.39, 0.29) is 6.61 Å². The predicted octanol–water partition coefficient (Wildman–Crippen LogP) is 2.11. The van der Waals surface area contributed by atoms with E-state index in [1.165, 1.54) is 7.11 Å². The van der Waals surface area contributed by atoms with Crippen LogP contribution in [-0.2, 0) is 4.74 Å². The summed E-state index contributed by atoms with van der Waals surface area (Å²) in [5, 5.41) is 18.2.